The first kappa shape index (κ1) is 26.1. The molecule has 3 nitrogen and oxygen atoms in total. The Labute approximate surface area is 219 Å². The number of aryl methyl sites for hydroxylation is 4. The van der Waals surface area contributed by atoms with Crippen LogP contribution in [-0.4, -0.2) is 28.7 Å². The third-order valence-electron chi connectivity index (χ3n) is 6.87. The van der Waals surface area contributed by atoms with Crippen molar-refractivity contribution in [2.75, 3.05) is 23.9 Å². The molecule has 0 saturated carbocycles. The van der Waals surface area contributed by atoms with Gasteiger partial charge in [0.2, 0.25) is 0 Å². The molecule has 0 bridgehead atoms. The van der Waals surface area contributed by atoms with Crippen molar-refractivity contribution in [3.05, 3.63) is 107 Å². The molecule has 36 heavy (non-hydrogen) atoms. The maximum Gasteiger partial charge on any atom is 0.152 e. The highest BCUT2D eigenvalue weighted by Gasteiger charge is 2.18. The summed E-state index contributed by atoms with van der Waals surface area (Å²) in [5, 5.41) is 2.29. The molecule has 0 spiro atoms. The normalized spacial score (nSPS) is 12.3. The van der Waals surface area contributed by atoms with Gasteiger partial charge >= 0.3 is 0 Å². The number of hydrogen-bond acceptors (Lipinski definition) is 2. The van der Waals surface area contributed by atoms with Crippen LogP contribution >= 0.6 is 0 Å². The summed E-state index contributed by atoms with van der Waals surface area (Å²) in [6.07, 6.45) is 0.935. The molecule has 1 unspecified atom stereocenters. The SMILES string of the molecule is CCN(CCCN(c1ccc(C)c(C)c1)S(=O)c1ccc2ccccc2c1)Cc1cc(C)cc(C)c1. The van der Waals surface area contributed by atoms with Crippen molar-refractivity contribution in [1.29, 1.82) is 0 Å². The summed E-state index contributed by atoms with van der Waals surface area (Å²) >= 11 is 0. The lowest BCUT2D eigenvalue weighted by atomic mass is 10.1. The second-order valence-electron chi connectivity index (χ2n) is 9.85. The van der Waals surface area contributed by atoms with Crippen LogP contribution in [0.3, 0.4) is 0 Å². The van der Waals surface area contributed by atoms with Crippen LogP contribution in [-0.2, 0) is 17.5 Å². The zero-order valence-corrected chi connectivity index (χ0v) is 23.1. The zero-order valence-electron chi connectivity index (χ0n) is 22.3. The van der Waals surface area contributed by atoms with Crippen molar-refractivity contribution in [2.45, 2.75) is 52.5 Å². The van der Waals surface area contributed by atoms with Crippen molar-refractivity contribution < 1.29 is 4.21 Å². The van der Waals surface area contributed by atoms with Crippen molar-refractivity contribution >= 4 is 27.4 Å². The Balaban J connectivity index is 1.53. The molecule has 0 aliphatic heterocycles. The maximum absolute atomic E-state index is 13.9. The van der Waals surface area contributed by atoms with E-state index in [2.05, 4.69) is 104 Å². The molecular formula is C32H38N2OS. The van der Waals surface area contributed by atoms with E-state index in [0.717, 1.165) is 48.6 Å². The summed E-state index contributed by atoms with van der Waals surface area (Å²) < 4.78 is 16.0. The summed E-state index contributed by atoms with van der Waals surface area (Å²) in [6, 6.07) is 27.6. The Morgan fingerprint density at radius 2 is 1.44 bits per heavy atom. The van der Waals surface area contributed by atoms with E-state index in [0.29, 0.717) is 0 Å². The molecule has 0 heterocycles. The fourth-order valence-electron chi connectivity index (χ4n) is 4.80. The van der Waals surface area contributed by atoms with Gasteiger partial charge in [-0.3, -0.25) is 9.21 Å². The van der Waals surface area contributed by atoms with E-state index in [-0.39, 0.29) is 0 Å². The fraction of sp³-hybridized carbons (Fsp3) is 0.312. The molecule has 0 aliphatic rings. The average Bonchev–Trinajstić information content (AvgIpc) is 2.86. The highest BCUT2D eigenvalue weighted by atomic mass is 32.2. The van der Waals surface area contributed by atoms with Crippen LogP contribution < -0.4 is 4.31 Å². The van der Waals surface area contributed by atoms with Crippen molar-refractivity contribution in [1.82, 2.24) is 4.90 Å². The number of rotatable bonds is 10. The van der Waals surface area contributed by atoms with Gasteiger partial charge in [-0.1, -0.05) is 72.6 Å². The molecule has 4 aromatic rings. The van der Waals surface area contributed by atoms with Crippen LogP contribution in [0.5, 0.6) is 0 Å². The van der Waals surface area contributed by atoms with Crippen LogP contribution in [0.15, 0.2) is 83.8 Å². The van der Waals surface area contributed by atoms with Gasteiger partial charge in [0.05, 0.1) is 4.90 Å². The van der Waals surface area contributed by atoms with E-state index in [1.807, 2.05) is 18.2 Å². The summed E-state index contributed by atoms with van der Waals surface area (Å²) in [5.41, 5.74) is 7.47. The van der Waals surface area contributed by atoms with E-state index < -0.39 is 11.0 Å². The van der Waals surface area contributed by atoms with Crippen LogP contribution in [0.25, 0.3) is 10.8 Å². The smallest absolute Gasteiger partial charge is 0.152 e. The van der Waals surface area contributed by atoms with Gasteiger partial charge in [-0.25, -0.2) is 4.21 Å². The number of anilines is 1. The lowest BCUT2D eigenvalue weighted by molar-refractivity contribution is 0.278. The molecule has 0 radical (unpaired) electrons. The van der Waals surface area contributed by atoms with Gasteiger partial charge in [0.15, 0.2) is 11.0 Å². The molecule has 0 aromatic heterocycles. The molecule has 0 N–H and O–H groups in total. The second kappa shape index (κ2) is 11.9. The Kier molecular flexibility index (Phi) is 8.60. The molecule has 4 rings (SSSR count). The minimum atomic E-state index is -1.29. The topological polar surface area (TPSA) is 23.6 Å². The summed E-state index contributed by atoms with van der Waals surface area (Å²) in [7, 11) is -1.29. The van der Waals surface area contributed by atoms with Gasteiger partial charge in [0, 0.05) is 25.3 Å². The van der Waals surface area contributed by atoms with Gasteiger partial charge in [-0.2, -0.15) is 0 Å². The number of benzene rings is 4. The molecule has 188 valence electrons. The van der Waals surface area contributed by atoms with E-state index in [9.17, 15) is 4.21 Å². The van der Waals surface area contributed by atoms with Crippen molar-refractivity contribution in [3.8, 4) is 0 Å². The average molecular weight is 499 g/mol. The minimum Gasteiger partial charge on any atom is -0.299 e. The quantitative estimate of drug-likeness (QED) is 0.226. The number of nitrogens with zero attached hydrogens (tertiary/aromatic N) is 2. The molecule has 4 aromatic carbocycles. The van der Waals surface area contributed by atoms with E-state index >= 15 is 0 Å². The maximum atomic E-state index is 13.9. The summed E-state index contributed by atoms with van der Waals surface area (Å²) in [6.45, 7) is 14.4. The Morgan fingerprint density at radius 3 is 2.14 bits per heavy atom. The monoisotopic (exact) mass is 498 g/mol. The van der Waals surface area contributed by atoms with E-state index in [1.54, 1.807) is 0 Å². The van der Waals surface area contributed by atoms with Crippen LogP contribution in [0.2, 0.25) is 0 Å². The molecule has 0 aliphatic carbocycles. The minimum absolute atomic E-state index is 0.727. The van der Waals surface area contributed by atoms with Gasteiger partial charge in [-0.05, 0) is 92.4 Å². The highest BCUT2D eigenvalue weighted by molar-refractivity contribution is 7.86. The Bertz CT molecular complexity index is 1340. The van der Waals surface area contributed by atoms with Gasteiger partial charge in [0.25, 0.3) is 0 Å². The van der Waals surface area contributed by atoms with Crippen LogP contribution in [0.4, 0.5) is 5.69 Å². The first-order chi connectivity index (χ1) is 17.3. The Morgan fingerprint density at radius 1 is 0.722 bits per heavy atom. The zero-order chi connectivity index (χ0) is 25.7. The predicted octanol–water partition coefficient (Wildman–Crippen LogP) is 7.51. The molecule has 0 fully saturated rings. The van der Waals surface area contributed by atoms with E-state index in [1.165, 1.54) is 33.2 Å². The number of fused-ring (bicyclic) bond motifs is 1. The summed E-state index contributed by atoms with van der Waals surface area (Å²) in [4.78, 5) is 3.32. The van der Waals surface area contributed by atoms with Gasteiger partial charge in [0.1, 0.15) is 0 Å². The number of hydrogen-bond donors (Lipinski definition) is 0. The standard InChI is InChI=1S/C32H38N2OS/c1-6-33(23-28-19-24(2)18-25(3)20-28)16-9-17-34(31-14-12-26(4)27(5)21-31)36(35)32-15-13-29-10-7-8-11-30(29)22-32/h7-8,10-15,18-22H,6,9,16-17,23H2,1-5H3. The van der Waals surface area contributed by atoms with Crippen molar-refractivity contribution in [2.24, 2.45) is 0 Å². The Hall–Kier alpha value is -2.95. The lowest BCUT2D eigenvalue weighted by Crippen LogP contribution is -2.31. The third-order valence-corrected chi connectivity index (χ3v) is 8.32. The van der Waals surface area contributed by atoms with Gasteiger partial charge < -0.3 is 0 Å². The molecule has 0 amide bonds. The second-order valence-corrected chi connectivity index (χ2v) is 11.3. The highest BCUT2D eigenvalue weighted by Crippen LogP contribution is 2.26. The van der Waals surface area contributed by atoms with Crippen molar-refractivity contribution in [3.63, 3.8) is 0 Å². The summed E-state index contributed by atoms with van der Waals surface area (Å²) in [5.74, 6) is 0. The molecule has 4 heteroatoms. The molecular weight excluding hydrogens is 460 g/mol. The van der Waals surface area contributed by atoms with Gasteiger partial charge in [-0.15, -0.1) is 0 Å². The molecule has 1 atom stereocenters. The first-order valence-corrected chi connectivity index (χ1v) is 14.0. The third kappa shape index (κ3) is 6.43. The van der Waals surface area contributed by atoms with E-state index in [4.69, 9.17) is 0 Å². The first-order valence-electron chi connectivity index (χ1n) is 12.9. The molecule has 0 saturated heterocycles. The lowest BCUT2D eigenvalue weighted by Gasteiger charge is -2.27. The largest absolute Gasteiger partial charge is 0.299 e. The predicted molar refractivity (Wildman–Crippen MR) is 155 cm³/mol. The van der Waals surface area contributed by atoms with Crippen LogP contribution in [0, 0.1) is 27.7 Å². The van der Waals surface area contributed by atoms with Crippen LogP contribution in [0.1, 0.15) is 41.2 Å². The fourth-order valence-corrected chi connectivity index (χ4v) is 6.06.